The molecule has 3 aromatic rings. The van der Waals surface area contributed by atoms with Gasteiger partial charge in [-0.15, -0.1) is 0 Å². The van der Waals surface area contributed by atoms with E-state index < -0.39 is 5.92 Å². The summed E-state index contributed by atoms with van der Waals surface area (Å²) in [5.74, 6) is -0.416. The van der Waals surface area contributed by atoms with E-state index >= 15 is 0 Å². The predicted molar refractivity (Wildman–Crippen MR) is 114 cm³/mol. The number of pyridine rings is 1. The molecule has 0 bridgehead atoms. The van der Waals surface area contributed by atoms with Gasteiger partial charge in [-0.1, -0.05) is 54.7 Å². The van der Waals surface area contributed by atoms with Crippen molar-refractivity contribution in [3.8, 4) is 17.0 Å². The first-order valence-corrected chi connectivity index (χ1v) is 9.48. The van der Waals surface area contributed by atoms with Gasteiger partial charge in [0.2, 0.25) is 5.88 Å². The molecule has 6 heteroatoms. The molecule has 2 aromatic carbocycles. The highest BCUT2D eigenvalue weighted by Gasteiger charge is 2.30. The SMILES string of the molecule is [B]c1ccc2nc(OC)c(C(CCC)C(=O)OC)c(-c3ccc(Cl)cc3)c2c1. The van der Waals surface area contributed by atoms with Gasteiger partial charge in [0, 0.05) is 21.5 Å². The standard InChI is InChI=1S/C22H21BClNO3/c1-4-5-16(22(26)28-3)20-19(13-6-9-15(24)10-7-13)17-12-14(23)8-11-18(17)25-21(20)27-2/h6-12,16H,4-5H2,1-3H3. The number of carbonyl (C=O) groups excluding carboxylic acids is 1. The number of esters is 1. The smallest absolute Gasteiger partial charge is 0.313 e. The molecule has 28 heavy (non-hydrogen) atoms. The molecule has 1 heterocycles. The average Bonchev–Trinajstić information content (AvgIpc) is 2.71. The molecule has 0 saturated carbocycles. The number of hydrogen-bond acceptors (Lipinski definition) is 4. The topological polar surface area (TPSA) is 48.4 Å². The monoisotopic (exact) mass is 393 g/mol. The summed E-state index contributed by atoms with van der Waals surface area (Å²) in [5, 5.41) is 1.48. The van der Waals surface area contributed by atoms with Crippen LogP contribution >= 0.6 is 11.6 Å². The molecule has 0 aliphatic rings. The number of carbonyl (C=O) groups is 1. The number of rotatable bonds is 6. The minimum atomic E-state index is -0.506. The van der Waals surface area contributed by atoms with Gasteiger partial charge in [0.15, 0.2) is 0 Å². The van der Waals surface area contributed by atoms with Crippen LogP contribution in [0, 0.1) is 0 Å². The zero-order chi connectivity index (χ0) is 20.3. The molecule has 2 radical (unpaired) electrons. The van der Waals surface area contributed by atoms with E-state index in [1.54, 1.807) is 13.2 Å². The first kappa shape index (κ1) is 20.2. The molecule has 0 N–H and O–H groups in total. The maximum atomic E-state index is 12.7. The van der Waals surface area contributed by atoms with Crippen LogP contribution in [-0.2, 0) is 9.53 Å². The van der Waals surface area contributed by atoms with Gasteiger partial charge in [-0.05, 0) is 30.2 Å². The lowest BCUT2D eigenvalue weighted by atomic mass is 9.84. The highest BCUT2D eigenvalue weighted by Crippen LogP contribution is 2.42. The van der Waals surface area contributed by atoms with Gasteiger partial charge in [-0.25, -0.2) is 4.98 Å². The van der Waals surface area contributed by atoms with Crippen LogP contribution in [0.1, 0.15) is 31.2 Å². The normalized spacial score (nSPS) is 12.0. The van der Waals surface area contributed by atoms with Crippen molar-refractivity contribution in [2.45, 2.75) is 25.7 Å². The van der Waals surface area contributed by atoms with Crippen molar-refractivity contribution in [3.05, 3.63) is 53.1 Å². The highest BCUT2D eigenvalue weighted by molar-refractivity contribution is 6.33. The molecule has 4 nitrogen and oxygen atoms in total. The van der Waals surface area contributed by atoms with E-state index in [9.17, 15) is 4.79 Å². The van der Waals surface area contributed by atoms with Gasteiger partial charge in [0.25, 0.3) is 0 Å². The third-order valence-electron chi connectivity index (χ3n) is 4.75. The Labute approximate surface area is 171 Å². The van der Waals surface area contributed by atoms with Crippen molar-refractivity contribution in [2.75, 3.05) is 14.2 Å². The fraction of sp³-hybridized carbons (Fsp3) is 0.273. The summed E-state index contributed by atoms with van der Waals surface area (Å²) in [6.45, 7) is 2.02. The van der Waals surface area contributed by atoms with Gasteiger partial charge in [0.1, 0.15) is 7.85 Å². The van der Waals surface area contributed by atoms with Crippen molar-refractivity contribution in [3.63, 3.8) is 0 Å². The number of hydrogen-bond donors (Lipinski definition) is 0. The van der Waals surface area contributed by atoms with Crippen molar-refractivity contribution in [2.24, 2.45) is 0 Å². The van der Waals surface area contributed by atoms with E-state index in [0.717, 1.165) is 28.5 Å². The predicted octanol–water partition coefficient (Wildman–Crippen LogP) is 4.41. The number of aromatic nitrogens is 1. The summed E-state index contributed by atoms with van der Waals surface area (Å²) in [6, 6.07) is 13.0. The first-order valence-electron chi connectivity index (χ1n) is 9.11. The van der Waals surface area contributed by atoms with E-state index in [2.05, 4.69) is 4.98 Å². The number of fused-ring (bicyclic) bond motifs is 1. The van der Waals surface area contributed by atoms with E-state index in [4.69, 9.17) is 28.9 Å². The molecule has 3 rings (SSSR count). The van der Waals surface area contributed by atoms with Gasteiger partial charge in [-0.2, -0.15) is 0 Å². The maximum Gasteiger partial charge on any atom is 0.313 e. The van der Waals surface area contributed by atoms with Crippen LogP contribution in [0.5, 0.6) is 5.88 Å². The third kappa shape index (κ3) is 3.85. The number of nitrogens with zero attached hydrogens (tertiary/aromatic N) is 1. The molecule has 1 atom stereocenters. The fourth-order valence-corrected chi connectivity index (χ4v) is 3.62. The third-order valence-corrected chi connectivity index (χ3v) is 5.00. The van der Waals surface area contributed by atoms with Crippen LogP contribution in [0.15, 0.2) is 42.5 Å². The minimum absolute atomic E-state index is 0.319. The minimum Gasteiger partial charge on any atom is -0.481 e. The lowest BCUT2D eigenvalue weighted by molar-refractivity contribution is -0.142. The van der Waals surface area contributed by atoms with Gasteiger partial charge in [0.05, 0.1) is 25.7 Å². The van der Waals surface area contributed by atoms with Gasteiger partial charge < -0.3 is 9.47 Å². The Hall–Kier alpha value is -2.53. The van der Waals surface area contributed by atoms with Crippen LogP contribution in [0.2, 0.25) is 5.02 Å². The highest BCUT2D eigenvalue weighted by atomic mass is 35.5. The Morgan fingerprint density at radius 2 is 1.89 bits per heavy atom. The Kier molecular flexibility index (Phi) is 6.25. The second-order valence-corrected chi connectivity index (χ2v) is 6.99. The molecular formula is C22H21BClNO3. The zero-order valence-corrected chi connectivity index (χ0v) is 16.9. The molecule has 1 unspecified atom stereocenters. The maximum absolute atomic E-state index is 12.7. The van der Waals surface area contributed by atoms with E-state index in [1.165, 1.54) is 7.11 Å². The molecule has 0 saturated heterocycles. The van der Waals surface area contributed by atoms with Crippen LogP contribution in [0.3, 0.4) is 0 Å². The lowest BCUT2D eigenvalue weighted by Crippen LogP contribution is -2.17. The number of halogens is 1. The summed E-state index contributed by atoms with van der Waals surface area (Å²) in [5.41, 5.74) is 3.82. The molecule has 0 fully saturated rings. The summed E-state index contributed by atoms with van der Waals surface area (Å²) in [4.78, 5) is 17.3. The largest absolute Gasteiger partial charge is 0.481 e. The molecular weight excluding hydrogens is 373 g/mol. The van der Waals surface area contributed by atoms with Crippen molar-refractivity contribution in [1.82, 2.24) is 4.98 Å². The second kappa shape index (κ2) is 8.66. The Morgan fingerprint density at radius 3 is 2.50 bits per heavy atom. The van der Waals surface area contributed by atoms with Crippen LogP contribution in [0.25, 0.3) is 22.0 Å². The number of methoxy groups -OCH3 is 2. The Balaban J connectivity index is 2.44. The first-order chi connectivity index (χ1) is 13.5. The average molecular weight is 394 g/mol. The van der Waals surface area contributed by atoms with E-state index in [1.807, 2.05) is 43.3 Å². The lowest BCUT2D eigenvalue weighted by Gasteiger charge is -2.22. The molecule has 0 aliphatic carbocycles. The molecule has 0 aliphatic heterocycles. The van der Waals surface area contributed by atoms with Crippen molar-refractivity contribution < 1.29 is 14.3 Å². The fourth-order valence-electron chi connectivity index (χ4n) is 3.49. The van der Waals surface area contributed by atoms with Gasteiger partial charge >= 0.3 is 5.97 Å². The summed E-state index contributed by atoms with van der Waals surface area (Å²) < 4.78 is 10.7. The summed E-state index contributed by atoms with van der Waals surface area (Å²) >= 11 is 6.09. The summed E-state index contributed by atoms with van der Waals surface area (Å²) in [6.07, 6.45) is 1.41. The second-order valence-electron chi connectivity index (χ2n) is 6.56. The Bertz CT molecular complexity index is 1000. The van der Waals surface area contributed by atoms with E-state index in [-0.39, 0.29) is 5.97 Å². The quantitative estimate of drug-likeness (QED) is 0.459. The Morgan fingerprint density at radius 1 is 1.18 bits per heavy atom. The van der Waals surface area contributed by atoms with E-state index in [0.29, 0.717) is 28.3 Å². The molecule has 142 valence electrons. The van der Waals surface area contributed by atoms with Crippen LogP contribution < -0.4 is 10.2 Å². The van der Waals surface area contributed by atoms with Crippen LogP contribution in [0.4, 0.5) is 0 Å². The van der Waals surface area contributed by atoms with Gasteiger partial charge in [-0.3, -0.25) is 4.79 Å². The molecule has 0 amide bonds. The zero-order valence-electron chi connectivity index (χ0n) is 16.2. The molecule has 0 spiro atoms. The molecule has 1 aromatic heterocycles. The summed E-state index contributed by atoms with van der Waals surface area (Å²) in [7, 11) is 9.02. The van der Waals surface area contributed by atoms with Crippen molar-refractivity contribution >= 4 is 41.8 Å². The number of benzene rings is 2. The van der Waals surface area contributed by atoms with Crippen LogP contribution in [-0.4, -0.2) is 33.0 Å². The van der Waals surface area contributed by atoms with Crippen molar-refractivity contribution in [1.29, 1.82) is 0 Å². The number of ether oxygens (including phenoxy) is 2.